The predicted molar refractivity (Wildman–Crippen MR) is 86.4 cm³/mol. The molecule has 0 saturated heterocycles. The molecule has 122 valence electrons. The number of nitrogens with one attached hydrogen (secondary N) is 2. The van der Waals surface area contributed by atoms with Crippen molar-refractivity contribution < 1.29 is 9.18 Å². The van der Waals surface area contributed by atoms with Crippen molar-refractivity contribution in [2.75, 3.05) is 18.4 Å². The van der Waals surface area contributed by atoms with Crippen molar-refractivity contribution in [1.82, 2.24) is 25.1 Å². The first kappa shape index (κ1) is 15.6. The van der Waals surface area contributed by atoms with E-state index < -0.39 is 5.82 Å². The Kier molecular flexibility index (Phi) is 4.76. The monoisotopic (exact) mass is 326 g/mol. The summed E-state index contributed by atoms with van der Waals surface area (Å²) in [5.74, 6) is 0.404. The van der Waals surface area contributed by atoms with Gasteiger partial charge in [0.25, 0.3) is 5.91 Å². The zero-order valence-electron chi connectivity index (χ0n) is 12.7. The summed E-state index contributed by atoms with van der Waals surface area (Å²) in [6.45, 7) is 0.822. The van der Waals surface area contributed by atoms with Crippen LogP contribution < -0.4 is 10.6 Å². The quantitative estimate of drug-likeness (QED) is 0.673. The van der Waals surface area contributed by atoms with Crippen LogP contribution in [0.4, 0.5) is 10.2 Å². The third kappa shape index (κ3) is 3.92. The van der Waals surface area contributed by atoms with Crippen molar-refractivity contribution in [3.63, 3.8) is 0 Å². The minimum atomic E-state index is -0.543. The van der Waals surface area contributed by atoms with Gasteiger partial charge in [-0.15, -0.1) is 10.2 Å². The van der Waals surface area contributed by atoms with Gasteiger partial charge in [0.2, 0.25) is 0 Å². The van der Waals surface area contributed by atoms with E-state index in [2.05, 4.69) is 25.8 Å². The number of halogens is 1. The van der Waals surface area contributed by atoms with E-state index in [0.717, 1.165) is 18.1 Å². The number of hydrogen-bond donors (Lipinski definition) is 2. The zero-order valence-corrected chi connectivity index (χ0v) is 12.7. The Morgan fingerprint density at radius 2 is 1.96 bits per heavy atom. The van der Waals surface area contributed by atoms with Gasteiger partial charge in [0.15, 0.2) is 5.82 Å². The second kappa shape index (κ2) is 7.32. The van der Waals surface area contributed by atoms with E-state index in [-0.39, 0.29) is 11.5 Å². The molecule has 3 heterocycles. The summed E-state index contributed by atoms with van der Waals surface area (Å²) in [5.41, 5.74) is 0.186. The second-order valence-electron chi connectivity index (χ2n) is 4.94. The number of aromatic nitrogens is 4. The molecule has 0 aliphatic carbocycles. The van der Waals surface area contributed by atoms with E-state index in [1.54, 1.807) is 6.07 Å². The van der Waals surface area contributed by atoms with Crippen LogP contribution in [-0.4, -0.2) is 38.7 Å². The first-order valence-electron chi connectivity index (χ1n) is 7.32. The molecule has 0 spiro atoms. The molecule has 0 aliphatic rings. The van der Waals surface area contributed by atoms with E-state index in [1.165, 1.54) is 6.20 Å². The van der Waals surface area contributed by atoms with E-state index in [4.69, 9.17) is 0 Å². The van der Waals surface area contributed by atoms with E-state index in [0.29, 0.717) is 18.9 Å². The largest absolute Gasteiger partial charge is 0.367 e. The van der Waals surface area contributed by atoms with Crippen molar-refractivity contribution in [2.45, 2.75) is 0 Å². The van der Waals surface area contributed by atoms with Crippen LogP contribution in [0, 0.1) is 5.82 Å². The van der Waals surface area contributed by atoms with Crippen molar-refractivity contribution in [3.8, 4) is 5.82 Å². The summed E-state index contributed by atoms with van der Waals surface area (Å²) in [6.07, 6.45) is 6.13. The minimum Gasteiger partial charge on any atom is -0.367 e. The van der Waals surface area contributed by atoms with E-state index >= 15 is 0 Å². The Bertz CT molecular complexity index is 804. The van der Waals surface area contributed by atoms with Gasteiger partial charge < -0.3 is 15.2 Å². The first-order chi connectivity index (χ1) is 11.7. The lowest BCUT2D eigenvalue weighted by molar-refractivity contribution is 0.0954. The maximum Gasteiger partial charge on any atom is 0.253 e. The number of hydrogen-bond acceptors (Lipinski definition) is 5. The van der Waals surface area contributed by atoms with Gasteiger partial charge in [-0.3, -0.25) is 9.78 Å². The van der Waals surface area contributed by atoms with Gasteiger partial charge in [0.1, 0.15) is 11.6 Å². The molecule has 2 N–H and O–H groups in total. The van der Waals surface area contributed by atoms with Crippen LogP contribution in [-0.2, 0) is 0 Å². The van der Waals surface area contributed by atoms with Crippen LogP contribution in [0.2, 0.25) is 0 Å². The summed E-state index contributed by atoms with van der Waals surface area (Å²) >= 11 is 0. The molecule has 1 amide bonds. The fourth-order valence-electron chi connectivity index (χ4n) is 2.05. The molecule has 24 heavy (non-hydrogen) atoms. The Hall–Kier alpha value is -3.29. The highest BCUT2D eigenvalue weighted by Crippen LogP contribution is 2.06. The van der Waals surface area contributed by atoms with Crippen molar-refractivity contribution >= 4 is 11.7 Å². The number of nitrogens with zero attached hydrogens (tertiary/aromatic N) is 4. The summed E-state index contributed by atoms with van der Waals surface area (Å²) in [7, 11) is 0. The maximum atomic E-state index is 13.0. The summed E-state index contributed by atoms with van der Waals surface area (Å²) in [5, 5.41) is 13.9. The average molecular weight is 326 g/mol. The summed E-state index contributed by atoms with van der Waals surface area (Å²) in [4.78, 5) is 15.4. The van der Waals surface area contributed by atoms with Gasteiger partial charge in [-0.2, -0.15) is 0 Å². The van der Waals surface area contributed by atoms with E-state index in [1.807, 2.05) is 35.2 Å². The third-order valence-corrected chi connectivity index (χ3v) is 3.20. The van der Waals surface area contributed by atoms with Crippen molar-refractivity contribution in [1.29, 1.82) is 0 Å². The summed E-state index contributed by atoms with van der Waals surface area (Å²) in [6, 6.07) is 8.60. The lowest BCUT2D eigenvalue weighted by Gasteiger charge is -2.07. The van der Waals surface area contributed by atoms with Crippen LogP contribution in [0.25, 0.3) is 5.82 Å². The molecule has 7 nitrogen and oxygen atoms in total. The van der Waals surface area contributed by atoms with Crippen molar-refractivity contribution in [3.05, 3.63) is 66.5 Å². The molecule has 0 bridgehead atoms. The lowest BCUT2D eigenvalue weighted by atomic mass is 10.2. The van der Waals surface area contributed by atoms with Gasteiger partial charge in [-0.1, -0.05) is 0 Å². The lowest BCUT2D eigenvalue weighted by Crippen LogP contribution is -2.29. The number of carbonyl (C=O) groups excluding carboxylic acids is 1. The van der Waals surface area contributed by atoms with Crippen molar-refractivity contribution in [2.24, 2.45) is 0 Å². The van der Waals surface area contributed by atoms with Gasteiger partial charge in [-0.25, -0.2) is 4.39 Å². The number of carbonyl (C=O) groups is 1. The molecule has 0 unspecified atom stereocenters. The molecular weight excluding hydrogens is 311 g/mol. The Labute approximate surface area is 137 Å². The van der Waals surface area contributed by atoms with Crippen LogP contribution >= 0.6 is 0 Å². The fourth-order valence-corrected chi connectivity index (χ4v) is 2.05. The van der Waals surface area contributed by atoms with E-state index in [9.17, 15) is 9.18 Å². The molecule has 0 aromatic carbocycles. The van der Waals surface area contributed by atoms with Gasteiger partial charge in [0, 0.05) is 31.7 Å². The normalized spacial score (nSPS) is 10.4. The molecule has 0 saturated carbocycles. The number of rotatable bonds is 6. The molecule has 0 fully saturated rings. The maximum absolute atomic E-state index is 13.0. The van der Waals surface area contributed by atoms with Crippen LogP contribution in [0.3, 0.4) is 0 Å². The SMILES string of the molecule is O=C(NCCNc1ccc(-n2cccc2)nn1)c1cncc(F)c1. The molecule has 3 rings (SSSR count). The molecule has 0 radical (unpaired) electrons. The number of pyridine rings is 1. The Morgan fingerprint density at radius 1 is 1.12 bits per heavy atom. The van der Waals surface area contributed by atoms with Crippen LogP contribution in [0.15, 0.2) is 55.1 Å². The molecular formula is C16H15FN6O. The zero-order chi connectivity index (χ0) is 16.8. The highest BCUT2D eigenvalue weighted by Gasteiger charge is 2.06. The summed E-state index contributed by atoms with van der Waals surface area (Å²) < 4.78 is 14.9. The third-order valence-electron chi connectivity index (χ3n) is 3.20. The topological polar surface area (TPSA) is 84.7 Å². The van der Waals surface area contributed by atoms with Gasteiger partial charge in [0.05, 0.1) is 11.8 Å². The Morgan fingerprint density at radius 3 is 2.67 bits per heavy atom. The molecule has 0 atom stereocenters. The van der Waals surface area contributed by atoms with Crippen LogP contribution in [0.5, 0.6) is 0 Å². The van der Waals surface area contributed by atoms with Gasteiger partial charge in [-0.05, 0) is 30.3 Å². The molecule has 3 aromatic heterocycles. The highest BCUT2D eigenvalue weighted by atomic mass is 19.1. The Balaban J connectivity index is 1.46. The first-order valence-corrected chi connectivity index (χ1v) is 7.32. The molecule has 0 aliphatic heterocycles. The predicted octanol–water partition coefficient (Wildman–Crippen LogP) is 1.64. The minimum absolute atomic E-state index is 0.186. The second-order valence-corrected chi connectivity index (χ2v) is 4.94. The van der Waals surface area contributed by atoms with Gasteiger partial charge >= 0.3 is 0 Å². The average Bonchev–Trinajstić information content (AvgIpc) is 3.14. The highest BCUT2D eigenvalue weighted by molar-refractivity contribution is 5.93. The number of amides is 1. The molecule has 3 aromatic rings. The molecule has 8 heteroatoms. The standard InChI is InChI=1S/C16H15FN6O/c17-13-9-12(10-18-11-13)16(24)20-6-5-19-14-3-4-15(22-21-14)23-7-1-2-8-23/h1-4,7-11H,5-6H2,(H,19,21)(H,20,24). The number of anilines is 1. The fraction of sp³-hybridized carbons (Fsp3) is 0.125. The smallest absolute Gasteiger partial charge is 0.253 e. The van der Waals surface area contributed by atoms with Crippen LogP contribution in [0.1, 0.15) is 10.4 Å².